The van der Waals surface area contributed by atoms with Crippen LogP contribution in [-0.4, -0.2) is 25.0 Å². The van der Waals surface area contributed by atoms with Crippen molar-refractivity contribution in [1.82, 2.24) is 0 Å². The number of guanidine groups is 1. The molecule has 1 rings (SSSR count). The fourth-order valence-electron chi connectivity index (χ4n) is 0.720. The number of nitrogens with two attached hydrogens (primary N) is 3. The van der Waals surface area contributed by atoms with Crippen LogP contribution in [-0.2, 0) is 10.1 Å². The zero-order valence-electron chi connectivity index (χ0n) is 8.65. The van der Waals surface area contributed by atoms with Gasteiger partial charge in [0.1, 0.15) is 0 Å². The van der Waals surface area contributed by atoms with Crippen molar-refractivity contribution in [2.75, 3.05) is 0 Å². The molecule has 0 aromatic heterocycles. The number of aliphatic imine (C=N–C) groups is 1. The number of benzene rings is 1. The van der Waals surface area contributed by atoms with Crippen molar-refractivity contribution in [2.45, 2.75) is 4.90 Å². The van der Waals surface area contributed by atoms with Crippen LogP contribution in [0.1, 0.15) is 0 Å². The van der Waals surface area contributed by atoms with Gasteiger partial charge in [-0.25, -0.2) is 4.79 Å². The first-order chi connectivity index (χ1) is 7.73. The molecule has 0 spiro atoms. The summed E-state index contributed by atoms with van der Waals surface area (Å²) >= 11 is 0. The van der Waals surface area contributed by atoms with E-state index < -0.39 is 16.1 Å². The number of urea groups is 1. The lowest BCUT2D eigenvalue weighted by atomic mass is 10.4. The molecule has 0 saturated heterocycles. The molecule has 0 heterocycles. The van der Waals surface area contributed by atoms with Gasteiger partial charge in [-0.3, -0.25) is 4.55 Å². The van der Waals surface area contributed by atoms with E-state index >= 15 is 0 Å². The first kappa shape index (κ1) is 14.9. The lowest BCUT2D eigenvalue weighted by molar-refractivity contribution is 0.256. The molecule has 8 nitrogen and oxygen atoms in total. The second-order valence-electron chi connectivity index (χ2n) is 2.66. The third-order valence-electron chi connectivity index (χ3n) is 1.28. The summed E-state index contributed by atoms with van der Waals surface area (Å²) in [5.74, 6) is -0.312. The molecule has 9 heteroatoms. The minimum atomic E-state index is -4.00. The Morgan fingerprint density at radius 2 is 1.59 bits per heavy atom. The number of hydrogen-bond acceptors (Lipinski definition) is 3. The third-order valence-corrected chi connectivity index (χ3v) is 2.15. The summed E-state index contributed by atoms with van der Waals surface area (Å²) in [6.45, 7) is 0. The number of primary amides is 1. The van der Waals surface area contributed by atoms with Crippen LogP contribution in [0.15, 0.2) is 40.2 Å². The highest BCUT2D eigenvalue weighted by molar-refractivity contribution is 7.85. The quantitative estimate of drug-likeness (QED) is 0.295. The van der Waals surface area contributed by atoms with Gasteiger partial charge in [0.05, 0.1) is 4.90 Å². The topological polar surface area (TPSA) is 162 Å². The van der Waals surface area contributed by atoms with E-state index in [1.807, 2.05) is 0 Å². The number of nitrogens with zero attached hydrogens (tertiary/aromatic N) is 1. The van der Waals surface area contributed by atoms with Crippen LogP contribution in [0, 0.1) is 0 Å². The van der Waals surface area contributed by atoms with E-state index in [1.165, 1.54) is 12.1 Å². The summed E-state index contributed by atoms with van der Waals surface area (Å²) in [5.41, 5.74) is 13.9. The molecule has 1 aromatic carbocycles. The maximum atomic E-state index is 10.4. The van der Waals surface area contributed by atoms with Gasteiger partial charge in [0.2, 0.25) is 0 Å². The number of carbonyl (C=O) groups is 1. The van der Waals surface area contributed by atoms with Crippen molar-refractivity contribution < 1.29 is 17.8 Å². The van der Waals surface area contributed by atoms with Gasteiger partial charge in [-0.15, -0.1) is 0 Å². The van der Waals surface area contributed by atoms with Crippen molar-refractivity contribution in [3.63, 3.8) is 0 Å². The first-order valence-corrected chi connectivity index (χ1v) is 5.59. The Kier molecular flexibility index (Phi) is 5.64. The van der Waals surface area contributed by atoms with Crippen molar-refractivity contribution in [3.05, 3.63) is 30.3 Å². The molecule has 0 saturated carbocycles. The maximum Gasteiger partial charge on any atom is 0.341 e. The molecule has 0 atom stereocenters. The lowest BCUT2D eigenvalue weighted by Crippen LogP contribution is -2.25. The summed E-state index contributed by atoms with van der Waals surface area (Å²) in [4.78, 5) is 12.5. The van der Waals surface area contributed by atoms with Gasteiger partial charge in [0.25, 0.3) is 10.1 Å². The Balaban J connectivity index is 0.000000325. The minimum absolute atomic E-state index is 0.0741. The fraction of sp³-hybridized carbons (Fsp3) is 0. The van der Waals surface area contributed by atoms with Crippen LogP contribution >= 0.6 is 0 Å². The predicted molar refractivity (Wildman–Crippen MR) is 61.6 cm³/mol. The first-order valence-electron chi connectivity index (χ1n) is 4.15. The van der Waals surface area contributed by atoms with E-state index in [9.17, 15) is 13.2 Å². The molecule has 0 aliphatic rings. The fourth-order valence-corrected chi connectivity index (χ4v) is 1.22. The summed E-state index contributed by atoms with van der Waals surface area (Å²) in [7, 11) is -4.00. The summed E-state index contributed by atoms with van der Waals surface area (Å²) < 4.78 is 29.2. The zero-order valence-corrected chi connectivity index (χ0v) is 9.46. The maximum absolute atomic E-state index is 10.4. The van der Waals surface area contributed by atoms with E-state index in [0.29, 0.717) is 0 Å². The summed E-state index contributed by atoms with van der Waals surface area (Å²) in [6, 6.07) is 6.55. The highest BCUT2D eigenvalue weighted by Gasteiger charge is 2.05. The molecule has 0 bridgehead atoms. The predicted octanol–water partition coefficient (Wildman–Crippen LogP) is -0.728. The van der Waals surface area contributed by atoms with E-state index in [1.54, 1.807) is 18.2 Å². The molecule has 0 fully saturated rings. The summed E-state index contributed by atoms with van der Waals surface area (Å²) in [6.07, 6.45) is 0. The number of amides is 2. The molecular formula is C8H12N4O4S. The average Bonchev–Trinajstić information content (AvgIpc) is 2.16. The zero-order chi connectivity index (χ0) is 13.5. The highest BCUT2D eigenvalue weighted by Crippen LogP contribution is 2.05. The Morgan fingerprint density at radius 3 is 1.76 bits per heavy atom. The largest absolute Gasteiger partial charge is 0.370 e. The Labute approximate surface area is 97.9 Å². The standard InChI is InChI=1S/C6H6O3S.C2H6N4O/c7-10(8,9)6-4-2-1-3-5-6;3-1(4)6-2(5)7/h1-5H,(H,7,8,9);(H6,3,4,5,6,7). The molecular weight excluding hydrogens is 248 g/mol. The molecule has 0 unspecified atom stereocenters. The van der Waals surface area contributed by atoms with E-state index in [0.717, 1.165) is 0 Å². The van der Waals surface area contributed by atoms with Crippen molar-refractivity contribution in [1.29, 1.82) is 0 Å². The van der Waals surface area contributed by atoms with Gasteiger partial charge < -0.3 is 17.2 Å². The Hall–Kier alpha value is -2.13. The van der Waals surface area contributed by atoms with Gasteiger partial charge in [0.15, 0.2) is 5.96 Å². The average molecular weight is 260 g/mol. The summed E-state index contributed by atoms with van der Waals surface area (Å²) in [5, 5.41) is 0. The van der Waals surface area contributed by atoms with Crippen LogP contribution in [0.25, 0.3) is 0 Å². The van der Waals surface area contributed by atoms with E-state index in [4.69, 9.17) is 16.0 Å². The molecule has 0 aliphatic carbocycles. The molecule has 17 heavy (non-hydrogen) atoms. The number of rotatable bonds is 1. The van der Waals surface area contributed by atoms with E-state index in [-0.39, 0.29) is 10.9 Å². The third kappa shape index (κ3) is 7.76. The number of hydrogen-bond donors (Lipinski definition) is 4. The monoisotopic (exact) mass is 260 g/mol. The van der Waals surface area contributed by atoms with Crippen LogP contribution < -0.4 is 17.2 Å². The number of carbonyl (C=O) groups excluding carboxylic acids is 1. The second kappa shape index (κ2) is 6.45. The van der Waals surface area contributed by atoms with Gasteiger partial charge in [0, 0.05) is 0 Å². The Bertz CT molecular complexity index is 494. The van der Waals surface area contributed by atoms with Gasteiger partial charge in [-0.2, -0.15) is 13.4 Å². The highest BCUT2D eigenvalue weighted by atomic mass is 32.2. The van der Waals surface area contributed by atoms with Crippen LogP contribution in [0.4, 0.5) is 4.79 Å². The molecule has 94 valence electrons. The normalized spacial score (nSPS) is 9.71. The van der Waals surface area contributed by atoms with Crippen molar-refractivity contribution in [2.24, 2.45) is 22.2 Å². The van der Waals surface area contributed by atoms with Gasteiger partial charge >= 0.3 is 6.03 Å². The van der Waals surface area contributed by atoms with Gasteiger partial charge in [-0.05, 0) is 12.1 Å². The molecule has 2 amide bonds. The van der Waals surface area contributed by atoms with Crippen LogP contribution in [0.5, 0.6) is 0 Å². The smallest absolute Gasteiger partial charge is 0.341 e. The molecule has 0 aliphatic heterocycles. The van der Waals surface area contributed by atoms with Crippen LogP contribution in [0.2, 0.25) is 0 Å². The Morgan fingerprint density at radius 1 is 1.12 bits per heavy atom. The lowest BCUT2D eigenvalue weighted by Gasteiger charge is -1.92. The molecule has 7 N–H and O–H groups in total. The molecule has 1 aromatic rings. The van der Waals surface area contributed by atoms with Crippen molar-refractivity contribution >= 4 is 22.1 Å². The van der Waals surface area contributed by atoms with E-state index in [2.05, 4.69) is 10.7 Å². The van der Waals surface area contributed by atoms with Crippen LogP contribution in [0.3, 0.4) is 0 Å². The van der Waals surface area contributed by atoms with Crippen molar-refractivity contribution in [3.8, 4) is 0 Å². The second-order valence-corrected chi connectivity index (χ2v) is 4.08. The minimum Gasteiger partial charge on any atom is -0.370 e. The van der Waals surface area contributed by atoms with Gasteiger partial charge in [-0.1, -0.05) is 18.2 Å². The SMILES string of the molecule is NC(=O)N=C(N)N.O=S(=O)(O)c1ccccc1. The molecule has 0 radical (unpaired) electrons.